The number of nitriles is 1. The van der Waals surface area contributed by atoms with E-state index in [0.29, 0.717) is 6.07 Å². The largest absolute Gasteiger partial charge is 0.276 e. The summed E-state index contributed by atoms with van der Waals surface area (Å²) in [5.74, 6) is -1.88. The van der Waals surface area contributed by atoms with Gasteiger partial charge in [0.15, 0.2) is 0 Å². The van der Waals surface area contributed by atoms with Gasteiger partial charge in [-0.3, -0.25) is 4.72 Å². The Kier molecular flexibility index (Phi) is 4.08. The van der Waals surface area contributed by atoms with Crippen molar-refractivity contribution in [3.05, 3.63) is 45.2 Å². The molecule has 0 radical (unpaired) electrons. The molecule has 0 aliphatic carbocycles. The molecule has 9 heteroatoms. The molecule has 0 fully saturated rings. The van der Waals surface area contributed by atoms with Gasteiger partial charge in [0.2, 0.25) is 0 Å². The molecule has 20 heavy (non-hydrogen) atoms. The minimum Gasteiger partial charge on any atom is -0.276 e. The van der Waals surface area contributed by atoms with Crippen LogP contribution in [0.5, 0.6) is 0 Å². The number of rotatable bonds is 3. The zero-order valence-electron chi connectivity index (χ0n) is 9.52. The summed E-state index contributed by atoms with van der Waals surface area (Å²) >= 11 is 3.59. The van der Waals surface area contributed by atoms with E-state index in [-0.39, 0.29) is 19.2 Å². The van der Waals surface area contributed by atoms with Crippen LogP contribution in [0.25, 0.3) is 0 Å². The normalized spacial score (nSPS) is 11.1. The number of sulfonamides is 1. The zero-order valence-corrected chi connectivity index (χ0v) is 12.7. The van der Waals surface area contributed by atoms with Gasteiger partial charge in [-0.15, -0.1) is 11.3 Å². The summed E-state index contributed by atoms with van der Waals surface area (Å²) in [7, 11) is -4.02. The average molecular weight is 379 g/mol. The Hall–Kier alpha value is -1.50. The van der Waals surface area contributed by atoms with Gasteiger partial charge in [-0.05, 0) is 34.1 Å². The molecular formula is C11H5BrF2N2O2S2. The summed E-state index contributed by atoms with van der Waals surface area (Å²) in [5.41, 5.74) is -0.384. The first-order valence-corrected chi connectivity index (χ1v) is 8.10. The van der Waals surface area contributed by atoms with Crippen LogP contribution in [0, 0.1) is 23.0 Å². The number of anilines is 1. The highest BCUT2D eigenvalue weighted by molar-refractivity contribution is 9.10. The molecule has 1 aromatic carbocycles. The van der Waals surface area contributed by atoms with Crippen molar-refractivity contribution in [1.29, 1.82) is 5.26 Å². The minimum atomic E-state index is -4.02. The Balaban J connectivity index is 2.38. The summed E-state index contributed by atoms with van der Waals surface area (Å²) in [4.78, 5) is 0.214. The second-order valence-electron chi connectivity index (χ2n) is 3.58. The smallest absolute Gasteiger partial charge is 0.271 e. The molecule has 0 aliphatic heterocycles. The van der Waals surface area contributed by atoms with Gasteiger partial charge in [-0.25, -0.2) is 17.2 Å². The molecule has 2 rings (SSSR count). The molecule has 4 nitrogen and oxygen atoms in total. The van der Waals surface area contributed by atoms with E-state index in [1.165, 1.54) is 12.1 Å². The third-order valence-electron chi connectivity index (χ3n) is 2.21. The number of benzene rings is 1. The molecule has 0 spiro atoms. The van der Waals surface area contributed by atoms with Gasteiger partial charge in [0.1, 0.15) is 26.8 Å². The van der Waals surface area contributed by atoms with Crippen LogP contribution in [0.3, 0.4) is 0 Å². The van der Waals surface area contributed by atoms with Crippen molar-refractivity contribution >= 4 is 43.0 Å². The molecule has 1 aromatic heterocycles. The van der Waals surface area contributed by atoms with Crippen LogP contribution >= 0.6 is 27.3 Å². The van der Waals surface area contributed by atoms with Crippen LogP contribution in [0.2, 0.25) is 0 Å². The van der Waals surface area contributed by atoms with Gasteiger partial charge in [-0.1, -0.05) is 0 Å². The lowest BCUT2D eigenvalue weighted by atomic mass is 10.3. The van der Waals surface area contributed by atoms with E-state index in [1.807, 2.05) is 4.72 Å². The third-order valence-corrected chi connectivity index (χ3v) is 5.67. The molecular weight excluding hydrogens is 374 g/mol. The standard InChI is InChI=1S/C11H5BrF2N2O2S2/c12-7-3-10(9(14)4-8(7)13)16-20(17,18)11-2-1-6(5-15)19-11/h1-4,16H. The Labute approximate surface area is 125 Å². The van der Waals surface area contributed by atoms with Crippen LogP contribution < -0.4 is 4.72 Å². The van der Waals surface area contributed by atoms with E-state index in [4.69, 9.17) is 5.26 Å². The maximum absolute atomic E-state index is 13.5. The summed E-state index contributed by atoms with van der Waals surface area (Å²) in [6.07, 6.45) is 0. The van der Waals surface area contributed by atoms with Crippen molar-refractivity contribution in [2.24, 2.45) is 0 Å². The molecule has 0 aliphatic rings. The van der Waals surface area contributed by atoms with Gasteiger partial charge < -0.3 is 0 Å². The first-order chi connectivity index (χ1) is 9.33. The fourth-order valence-corrected chi connectivity index (χ4v) is 3.83. The van der Waals surface area contributed by atoms with E-state index in [0.717, 1.165) is 17.4 Å². The minimum absolute atomic E-state index is 0.0690. The highest BCUT2D eigenvalue weighted by Crippen LogP contribution is 2.28. The number of nitrogens with one attached hydrogen (secondary N) is 1. The van der Waals surface area contributed by atoms with Crippen molar-refractivity contribution in [1.82, 2.24) is 0 Å². The Bertz CT molecular complexity index is 812. The Morgan fingerprint density at radius 3 is 2.55 bits per heavy atom. The Morgan fingerprint density at radius 1 is 1.25 bits per heavy atom. The second-order valence-corrected chi connectivity index (χ2v) is 7.43. The highest BCUT2D eigenvalue weighted by atomic mass is 79.9. The van der Waals surface area contributed by atoms with E-state index >= 15 is 0 Å². The number of nitrogens with zero attached hydrogens (tertiary/aromatic N) is 1. The molecule has 0 saturated carbocycles. The van der Waals surface area contributed by atoms with Gasteiger partial charge in [0.05, 0.1) is 10.2 Å². The molecule has 0 amide bonds. The van der Waals surface area contributed by atoms with Gasteiger partial charge >= 0.3 is 0 Å². The Morgan fingerprint density at radius 2 is 1.95 bits per heavy atom. The highest BCUT2D eigenvalue weighted by Gasteiger charge is 2.20. The first-order valence-electron chi connectivity index (χ1n) is 5.01. The fourth-order valence-electron chi connectivity index (χ4n) is 1.32. The van der Waals surface area contributed by atoms with E-state index < -0.39 is 21.7 Å². The quantitative estimate of drug-likeness (QED) is 0.831. The predicted octanol–water partition coefficient (Wildman–Crippen LogP) is 3.46. The van der Waals surface area contributed by atoms with Crippen molar-refractivity contribution < 1.29 is 17.2 Å². The van der Waals surface area contributed by atoms with Crippen molar-refractivity contribution in [3.8, 4) is 6.07 Å². The van der Waals surface area contributed by atoms with Gasteiger partial charge in [-0.2, -0.15) is 5.26 Å². The lowest BCUT2D eigenvalue weighted by Crippen LogP contribution is -2.12. The zero-order chi connectivity index (χ0) is 14.9. The van der Waals surface area contributed by atoms with E-state index in [1.54, 1.807) is 6.07 Å². The molecule has 104 valence electrons. The molecule has 1 heterocycles. The van der Waals surface area contributed by atoms with Gasteiger partial charge in [0, 0.05) is 6.07 Å². The monoisotopic (exact) mass is 378 g/mol. The lowest BCUT2D eigenvalue weighted by Gasteiger charge is -2.08. The van der Waals surface area contributed by atoms with Crippen LogP contribution in [0.15, 0.2) is 32.9 Å². The number of thiophene rings is 1. The van der Waals surface area contributed by atoms with Crippen molar-refractivity contribution in [2.45, 2.75) is 4.21 Å². The van der Waals surface area contributed by atoms with Crippen LogP contribution in [0.4, 0.5) is 14.5 Å². The number of halogens is 3. The third kappa shape index (κ3) is 2.98. The molecule has 1 N–H and O–H groups in total. The van der Waals surface area contributed by atoms with E-state index in [2.05, 4.69) is 15.9 Å². The summed E-state index contributed by atoms with van der Waals surface area (Å²) < 4.78 is 52.4. The number of hydrogen-bond donors (Lipinski definition) is 1. The second kappa shape index (κ2) is 5.47. The molecule has 0 unspecified atom stereocenters. The summed E-state index contributed by atoms with van der Waals surface area (Å²) in [6.45, 7) is 0. The first kappa shape index (κ1) is 14.9. The average Bonchev–Trinajstić information content (AvgIpc) is 2.85. The topological polar surface area (TPSA) is 70.0 Å². The molecule has 2 aromatic rings. The van der Waals surface area contributed by atoms with Gasteiger partial charge in [0.25, 0.3) is 10.0 Å². The fraction of sp³-hybridized carbons (Fsp3) is 0. The van der Waals surface area contributed by atoms with Crippen molar-refractivity contribution in [2.75, 3.05) is 4.72 Å². The molecule has 0 atom stereocenters. The molecule has 0 bridgehead atoms. The SMILES string of the molecule is N#Cc1ccc(S(=O)(=O)Nc2cc(Br)c(F)cc2F)s1. The number of hydrogen-bond acceptors (Lipinski definition) is 4. The van der Waals surface area contributed by atoms with Crippen LogP contribution in [-0.4, -0.2) is 8.42 Å². The van der Waals surface area contributed by atoms with Crippen molar-refractivity contribution in [3.63, 3.8) is 0 Å². The molecule has 0 saturated heterocycles. The van der Waals surface area contributed by atoms with E-state index in [9.17, 15) is 17.2 Å². The maximum atomic E-state index is 13.5. The maximum Gasteiger partial charge on any atom is 0.271 e. The summed E-state index contributed by atoms with van der Waals surface area (Å²) in [6, 6.07) is 5.94. The van der Waals surface area contributed by atoms with Crippen LogP contribution in [0.1, 0.15) is 4.88 Å². The lowest BCUT2D eigenvalue weighted by molar-refractivity contribution is 0.579. The summed E-state index contributed by atoms with van der Waals surface area (Å²) in [5, 5.41) is 8.65. The predicted molar refractivity (Wildman–Crippen MR) is 73.9 cm³/mol. The van der Waals surface area contributed by atoms with Crippen LogP contribution in [-0.2, 0) is 10.0 Å².